The number of rotatable bonds is 5. The number of hydrogen-bond acceptors (Lipinski definition) is 2. The maximum absolute atomic E-state index is 13.4. The molecule has 0 saturated carbocycles. The molecule has 0 amide bonds. The van der Waals surface area contributed by atoms with Gasteiger partial charge < -0.3 is 10.1 Å². The van der Waals surface area contributed by atoms with E-state index >= 15 is 0 Å². The molecule has 1 rings (SSSR count). The van der Waals surface area contributed by atoms with Crippen molar-refractivity contribution in [3.63, 3.8) is 0 Å². The summed E-state index contributed by atoms with van der Waals surface area (Å²) in [5.74, 6) is 0.307. The molecule has 0 aliphatic rings. The molecule has 1 aromatic carbocycles. The molecule has 0 heterocycles. The molecule has 2 nitrogen and oxygen atoms in total. The third-order valence-corrected chi connectivity index (χ3v) is 3.58. The van der Waals surface area contributed by atoms with Gasteiger partial charge in [0.25, 0.3) is 0 Å². The van der Waals surface area contributed by atoms with Crippen LogP contribution < -0.4 is 10.1 Å². The van der Waals surface area contributed by atoms with Crippen LogP contribution >= 0.6 is 15.9 Å². The van der Waals surface area contributed by atoms with E-state index in [0.29, 0.717) is 10.2 Å². The van der Waals surface area contributed by atoms with E-state index in [9.17, 15) is 4.39 Å². The maximum Gasteiger partial charge on any atom is 0.141 e. The molecule has 0 saturated heterocycles. The number of halogens is 2. The Morgan fingerprint density at radius 1 is 1.41 bits per heavy atom. The lowest BCUT2D eigenvalue weighted by Crippen LogP contribution is -2.24. The zero-order valence-corrected chi connectivity index (χ0v) is 12.3. The largest absolute Gasteiger partial charge is 0.496 e. The number of hydrogen-bond donors (Lipinski definition) is 1. The highest BCUT2D eigenvalue weighted by Crippen LogP contribution is 2.37. The van der Waals surface area contributed by atoms with E-state index in [2.05, 4.69) is 35.1 Å². The van der Waals surface area contributed by atoms with Crippen LogP contribution in [0.1, 0.15) is 25.8 Å². The van der Waals surface area contributed by atoms with Crippen LogP contribution in [0.25, 0.3) is 0 Å². The highest BCUT2D eigenvalue weighted by molar-refractivity contribution is 9.10. The zero-order chi connectivity index (χ0) is 13.1. The normalized spacial score (nSPS) is 11.6. The van der Waals surface area contributed by atoms with E-state index < -0.39 is 0 Å². The smallest absolute Gasteiger partial charge is 0.141 e. The van der Waals surface area contributed by atoms with Crippen LogP contribution in [0.4, 0.5) is 4.39 Å². The molecular weight excluding hydrogens is 285 g/mol. The first-order chi connectivity index (χ1) is 7.92. The second kappa shape index (κ2) is 5.83. The molecule has 0 aromatic heterocycles. The van der Waals surface area contributed by atoms with E-state index in [-0.39, 0.29) is 11.2 Å². The summed E-state index contributed by atoms with van der Waals surface area (Å²) >= 11 is 3.22. The van der Waals surface area contributed by atoms with Gasteiger partial charge in [0.2, 0.25) is 0 Å². The first kappa shape index (κ1) is 14.5. The van der Waals surface area contributed by atoms with Gasteiger partial charge in [-0.1, -0.05) is 13.8 Å². The Balaban J connectivity index is 3.14. The van der Waals surface area contributed by atoms with Crippen molar-refractivity contribution in [3.05, 3.63) is 28.0 Å². The molecule has 0 aliphatic heterocycles. The Morgan fingerprint density at radius 3 is 2.59 bits per heavy atom. The Labute approximate surface area is 111 Å². The molecule has 0 aliphatic carbocycles. The number of nitrogens with one attached hydrogen (secondary N) is 1. The first-order valence-electron chi connectivity index (χ1n) is 5.60. The summed E-state index contributed by atoms with van der Waals surface area (Å²) in [7, 11) is 3.49. The van der Waals surface area contributed by atoms with Crippen molar-refractivity contribution in [1.82, 2.24) is 5.32 Å². The minimum Gasteiger partial charge on any atom is -0.496 e. The van der Waals surface area contributed by atoms with Crippen molar-refractivity contribution in [2.75, 3.05) is 20.7 Å². The highest BCUT2D eigenvalue weighted by atomic mass is 79.9. The molecule has 17 heavy (non-hydrogen) atoms. The summed E-state index contributed by atoms with van der Waals surface area (Å²) in [5.41, 5.74) is 0.952. The van der Waals surface area contributed by atoms with Crippen LogP contribution in [0.2, 0.25) is 0 Å². The number of ether oxygens (including phenoxy) is 1. The fourth-order valence-electron chi connectivity index (χ4n) is 1.80. The molecule has 0 fully saturated rings. The summed E-state index contributed by atoms with van der Waals surface area (Å²) in [6.45, 7) is 5.17. The minimum atomic E-state index is -0.296. The quantitative estimate of drug-likeness (QED) is 0.899. The van der Waals surface area contributed by atoms with Crippen molar-refractivity contribution in [3.8, 4) is 5.75 Å². The van der Waals surface area contributed by atoms with E-state index in [4.69, 9.17) is 4.74 Å². The topological polar surface area (TPSA) is 21.3 Å². The van der Waals surface area contributed by atoms with E-state index in [0.717, 1.165) is 18.5 Å². The van der Waals surface area contributed by atoms with E-state index in [1.165, 1.54) is 6.07 Å². The molecular formula is C13H19BrFNO. The molecule has 1 aromatic rings. The molecule has 0 atom stereocenters. The molecule has 0 radical (unpaired) electrons. The van der Waals surface area contributed by atoms with Crippen LogP contribution in [0.15, 0.2) is 16.6 Å². The standard InChI is InChI=1S/C13H19BrFNO/c1-13(2,5-6-16-3)9-7-10(14)11(15)8-12(9)17-4/h7-8,16H,5-6H2,1-4H3. The van der Waals surface area contributed by atoms with E-state index in [1.54, 1.807) is 7.11 Å². The second-order valence-corrected chi connectivity index (χ2v) is 5.56. The number of methoxy groups -OCH3 is 1. The van der Waals surface area contributed by atoms with Crippen molar-refractivity contribution in [2.24, 2.45) is 0 Å². The van der Waals surface area contributed by atoms with Crippen molar-refractivity contribution < 1.29 is 9.13 Å². The fourth-order valence-corrected chi connectivity index (χ4v) is 2.14. The van der Waals surface area contributed by atoms with Gasteiger partial charge in [0.1, 0.15) is 11.6 Å². The zero-order valence-electron chi connectivity index (χ0n) is 10.7. The van der Waals surface area contributed by atoms with Gasteiger partial charge >= 0.3 is 0 Å². The lowest BCUT2D eigenvalue weighted by molar-refractivity contribution is 0.380. The second-order valence-electron chi connectivity index (χ2n) is 4.70. The molecule has 0 unspecified atom stereocenters. The van der Waals surface area contributed by atoms with Crippen LogP contribution in [-0.4, -0.2) is 20.7 Å². The number of benzene rings is 1. The highest BCUT2D eigenvalue weighted by Gasteiger charge is 2.25. The van der Waals surface area contributed by atoms with Gasteiger partial charge in [0.15, 0.2) is 0 Å². The molecule has 1 N–H and O–H groups in total. The fraction of sp³-hybridized carbons (Fsp3) is 0.538. The Bertz CT molecular complexity index is 393. The predicted molar refractivity (Wildman–Crippen MR) is 72.2 cm³/mol. The summed E-state index contributed by atoms with van der Waals surface area (Å²) < 4.78 is 19.2. The molecule has 4 heteroatoms. The van der Waals surface area contributed by atoms with Gasteiger partial charge in [0.05, 0.1) is 11.6 Å². The average Bonchev–Trinajstić information content (AvgIpc) is 2.29. The van der Waals surface area contributed by atoms with Gasteiger partial charge in [-0.15, -0.1) is 0 Å². The lowest BCUT2D eigenvalue weighted by Gasteiger charge is -2.27. The third kappa shape index (κ3) is 3.42. The summed E-state index contributed by atoms with van der Waals surface area (Å²) in [4.78, 5) is 0. The minimum absolute atomic E-state index is 0.0649. The van der Waals surface area contributed by atoms with Crippen molar-refractivity contribution >= 4 is 15.9 Å². The van der Waals surface area contributed by atoms with Gasteiger partial charge in [0, 0.05) is 11.6 Å². The summed E-state index contributed by atoms with van der Waals surface area (Å²) in [6, 6.07) is 3.24. The summed E-state index contributed by atoms with van der Waals surface area (Å²) in [5, 5.41) is 3.13. The Morgan fingerprint density at radius 2 is 2.06 bits per heavy atom. The van der Waals surface area contributed by atoms with Crippen LogP contribution in [0, 0.1) is 5.82 Å². The monoisotopic (exact) mass is 303 g/mol. The predicted octanol–water partition coefficient (Wildman–Crippen LogP) is 3.48. The van der Waals surface area contributed by atoms with Gasteiger partial charge in [-0.25, -0.2) is 4.39 Å². The maximum atomic E-state index is 13.4. The van der Waals surface area contributed by atoms with Crippen LogP contribution in [0.3, 0.4) is 0 Å². The van der Waals surface area contributed by atoms with Crippen molar-refractivity contribution in [2.45, 2.75) is 25.7 Å². The van der Waals surface area contributed by atoms with Gasteiger partial charge in [-0.3, -0.25) is 0 Å². The molecule has 96 valence electrons. The first-order valence-corrected chi connectivity index (χ1v) is 6.40. The molecule has 0 spiro atoms. The van der Waals surface area contributed by atoms with Crippen LogP contribution in [-0.2, 0) is 5.41 Å². The van der Waals surface area contributed by atoms with Crippen molar-refractivity contribution in [1.29, 1.82) is 0 Å². The molecule has 0 bridgehead atoms. The lowest BCUT2D eigenvalue weighted by atomic mass is 9.81. The van der Waals surface area contributed by atoms with Crippen LogP contribution in [0.5, 0.6) is 5.75 Å². The van der Waals surface area contributed by atoms with Gasteiger partial charge in [-0.2, -0.15) is 0 Å². The van der Waals surface area contributed by atoms with Gasteiger partial charge in [-0.05, 0) is 47.4 Å². The third-order valence-electron chi connectivity index (χ3n) is 2.97. The van der Waals surface area contributed by atoms with E-state index in [1.807, 2.05) is 13.1 Å². The summed E-state index contributed by atoms with van der Waals surface area (Å²) in [6.07, 6.45) is 0.956. The Kier molecular flexibility index (Phi) is 4.95. The Hall–Kier alpha value is -0.610. The average molecular weight is 304 g/mol. The SMILES string of the molecule is CNCCC(C)(C)c1cc(Br)c(F)cc1OC.